The number of carbonyl (C=O) groups is 2. The molecule has 0 fully saturated rings. The molecule has 0 saturated carbocycles. The number of nitrogens with two attached hydrogens (primary N) is 3. The van der Waals surface area contributed by atoms with E-state index >= 15 is 0 Å². The van der Waals surface area contributed by atoms with Crippen LogP contribution in [0.1, 0.15) is 47.1 Å². The summed E-state index contributed by atoms with van der Waals surface area (Å²) in [6.07, 6.45) is 1.56. The SMILES string of the molecule is CC(C)(C)OC(N)=O.CC(C)(C)OC(N)=O.NCc1c(-c2ncco2)n(-c2ccccc2)c2cc(Cl)ccc2c1=O. The molecule has 0 spiro atoms. The molecule has 0 radical (unpaired) electrons. The van der Waals surface area contributed by atoms with Crippen molar-refractivity contribution in [2.24, 2.45) is 17.2 Å². The molecule has 220 valence electrons. The van der Waals surface area contributed by atoms with Crippen molar-refractivity contribution in [1.29, 1.82) is 0 Å². The Morgan fingerprint density at radius 2 is 1.51 bits per heavy atom. The van der Waals surface area contributed by atoms with Gasteiger partial charge in [-0.15, -0.1) is 0 Å². The summed E-state index contributed by atoms with van der Waals surface area (Å²) < 4.78 is 16.6. The first-order chi connectivity index (χ1) is 19.0. The minimum absolute atomic E-state index is 0.0714. The number of benzene rings is 2. The third-order valence-electron chi connectivity index (χ3n) is 4.90. The van der Waals surface area contributed by atoms with Gasteiger partial charge in [0.1, 0.15) is 23.2 Å². The van der Waals surface area contributed by atoms with Crippen LogP contribution >= 0.6 is 11.6 Å². The van der Waals surface area contributed by atoms with Crippen molar-refractivity contribution < 1.29 is 23.5 Å². The topological polar surface area (TPSA) is 179 Å². The lowest BCUT2D eigenvalue weighted by Gasteiger charge is -2.18. The second-order valence-electron chi connectivity index (χ2n) is 10.6. The van der Waals surface area contributed by atoms with Gasteiger partial charge in [0.05, 0.1) is 11.7 Å². The summed E-state index contributed by atoms with van der Waals surface area (Å²) in [7, 11) is 0. The number of rotatable bonds is 3. The highest BCUT2D eigenvalue weighted by Gasteiger charge is 2.21. The fourth-order valence-electron chi connectivity index (χ4n) is 3.61. The molecular weight excluding hydrogens is 550 g/mol. The number of halogens is 1. The first-order valence-electron chi connectivity index (χ1n) is 12.5. The molecule has 0 atom stereocenters. The van der Waals surface area contributed by atoms with Crippen LogP contribution in [0.2, 0.25) is 5.02 Å². The van der Waals surface area contributed by atoms with E-state index < -0.39 is 23.4 Å². The maximum Gasteiger partial charge on any atom is 0.405 e. The Morgan fingerprint density at radius 3 is 1.93 bits per heavy atom. The van der Waals surface area contributed by atoms with Gasteiger partial charge in [0.25, 0.3) is 0 Å². The van der Waals surface area contributed by atoms with Crippen LogP contribution in [0.25, 0.3) is 28.2 Å². The molecule has 11 nitrogen and oxygen atoms in total. The number of carbonyl (C=O) groups excluding carboxylic acids is 2. The highest BCUT2D eigenvalue weighted by atomic mass is 35.5. The summed E-state index contributed by atoms with van der Waals surface area (Å²) in [4.78, 5) is 37.2. The lowest BCUT2D eigenvalue weighted by Crippen LogP contribution is -2.27. The molecule has 0 unspecified atom stereocenters. The predicted octanol–water partition coefficient (Wildman–Crippen LogP) is 5.52. The summed E-state index contributed by atoms with van der Waals surface area (Å²) in [6.45, 7) is 10.6. The molecule has 0 aliphatic carbocycles. The molecule has 2 amide bonds. The molecule has 0 bridgehead atoms. The van der Waals surface area contributed by atoms with Gasteiger partial charge in [0.15, 0.2) is 5.43 Å². The van der Waals surface area contributed by atoms with E-state index in [1.54, 1.807) is 59.7 Å². The number of pyridine rings is 1. The molecule has 2 heterocycles. The molecule has 2 aromatic carbocycles. The van der Waals surface area contributed by atoms with E-state index in [0.29, 0.717) is 33.1 Å². The first-order valence-corrected chi connectivity index (χ1v) is 12.9. The minimum Gasteiger partial charge on any atom is -0.444 e. The molecule has 4 aromatic rings. The van der Waals surface area contributed by atoms with Gasteiger partial charge in [-0.05, 0) is 71.9 Å². The van der Waals surface area contributed by atoms with E-state index in [0.717, 1.165) is 5.69 Å². The number of hydrogen-bond acceptors (Lipinski definition) is 8. The van der Waals surface area contributed by atoms with Gasteiger partial charge < -0.3 is 35.7 Å². The molecule has 0 aliphatic rings. The predicted molar refractivity (Wildman–Crippen MR) is 159 cm³/mol. The number of nitrogens with zero attached hydrogens (tertiary/aromatic N) is 2. The molecule has 6 N–H and O–H groups in total. The number of fused-ring (bicyclic) bond motifs is 1. The summed E-state index contributed by atoms with van der Waals surface area (Å²) >= 11 is 6.20. The van der Waals surface area contributed by atoms with Crippen molar-refractivity contribution in [1.82, 2.24) is 9.55 Å². The largest absolute Gasteiger partial charge is 0.444 e. The lowest BCUT2D eigenvalue weighted by atomic mass is 10.1. The van der Waals surface area contributed by atoms with Crippen LogP contribution in [0.4, 0.5) is 9.59 Å². The monoisotopic (exact) mass is 585 g/mol. The number of ether oxygens (including phenoxy) is 2. The van der Waals surface area contributed by atoms with Crippen molar-refractivity contribution in [3.05, 3.63) is 81.8 Å². The van der Waals surface area contributed by atoms with Crippen LogP contribution in [0.3, 0.4) is 0 Å². The second-order valence-corrected chi connectivity index (χ2v) is 11.0. The van der Waals surface area contributed by atoms with E-state index in [2.05, 4.69) is 14.5 Å². The zero-order valence-corrected chi connectivity index (χ0v) is 24.7. The Bertz CT molecular complexity index is 1500. The average Bonchev–Trinajstić information content (AvgIpc) is 3.36. The highest BCUT2D eigenvalue weighted by molar-refractivity contribution is 6.31. The Morgan fingerprint density at radius 1 is 0.951 bits per heavy atom. The summed E-state index contributed by atoms with van der Waals surface area (Å²) in [6, 6.07) is 14.8. The highest BCUT2D eigenvalue weighted by Crippen LogP contribution is 2.30. The van der Waals surface area contributed by atoms with Crippen LogP contribution in [0, 0.1) is 0 Å². The fraction of sp³-hybridized carbons (Fsp3) is 0.310. The number of primary amides is 2. The van der Waals surface area contributed by atoms with Crippen LogP contribution in [-0.4, -0.2) is 32.9 Å². The van der Waals surface area contributed by atoms with E-state index in [-0.39, 0.29) is 12.0 Å². The Kier molecular flexibility index (Phi) is 11.1. The maximum atomic E-state index is 13.0. The molecule has 4 rings (SSSR count). The minimum atomic E-state index is -0.725. The normalized spacial score (nSPS) is 11.0. The third kappa shape index (κ3) is 9.96. The number of hydrogen-bond donors (Lipinski definition) is 3. The van der Waals surface area contributed by atoms with Crippen molar-refractivity contribution in [2.75, 3.05) is 0 Å². The van der Waals surface area contributed by atoms with Crippen molar-refractivity contribution in [2.45, 2.75) is 59.3 Å². The van der Waals surface area contributed by atoms with E-state index in [4.69, 9.17) is 33.2 Å². The van der Waals surface area contributed by atoms with Gasteiger partial charge in [-0.3, -0.25) is 4.79 Å². The van der Waals surface area contributed by atoms with Crippen molar-refractivity contribution in [3.8, 4) is 17.3 Å². The van der Waals surface area contributed by atoms with Gasteiger partial charge in [0, 0.05) is 28.2 Å². The zero-order valence-electron chi connectivity index (χ0n) is 23.9. The summed E-state index contributed by atoms with van der Waals surface area (Å²) in [5.41, 5.74) is 16.8. The number of aromatic nitrogens is 2. The summed E-state index contributed by atoms with van der Waals surface area (Å²) in [5, 5.41) is 1.08. The number of oxazole rings is 1. The van der Waals surface area contributed by atoms with E-state index in [1.807, 2.05) is 34.9 Å². The Hall–Kier alpha value is -4.35. The standard InChI is InChI=1S/C19H14ClN3O2.2C5H11NO2/c20-12-6-7-14-16(10-12)23(13-4-2-1-3-5-13)17(15(11-21)18(14)24)19-22-8-9-25-19;2*1-5(2,3)8-4(6)7/h1-10H,11,21H2;2*1-3H3,(H2,6,7). The fourth-order valence-corrected chi connectivity index (χ4v) is 3.78. The van der Waals surface area contributed by atoms with Gasteiger partial charge in [-0.25, -0.2) is 14.6 Å². The van der Waals surface area contributed by atoms with Crippen LogP contribution < -0.4 is 22.6 Å². The second kappa shape index (κ2) is 13.8. The maximum absolute atomic E-state index is 13.0. The van der Waals surface area contributed by atoms with Crippen molar-refractivity contribution in [3.63, 3.8) is 0 Å². The molecule has 2 aromatic heterocycles. The van der Waals surface area contributed by atoms with E-state index in [9.17, 15) is 14.4 Å². The quantitative estimate of drug-likeness (QED) is 0.281. The molecule has 12 heteroatoms. The first kappa shape index (κ1) is 32.9. The average molecular weight is 586 g/mol. The van der Waals surface area contributed by atoms with E-state index in [1.165, 1.54) is 12.5 Å². The smallest absolute Gasteiger partial charge is 0.405 e. The Balaban J connectivity index is 0.000000304. The molecule has 0 aliphatic heterocycles. The van der Waals surface area contributed by atoms with Gasteiger partial charge in [-0.1, -0.05) is 29.8 Å². The van der Waals surface area contributed by atoms with Crippen molar-refractivity contribution >= 4 is 34.7 Å². The van der Waals surface area contributed by atoms with Crippen LogP contribution in [-0.2, 0) is 16.0 Å². The third-order valence-corrected chi connectivity index (χ3v) is 5.13. The Labute approximate surface area is 243 Å². The van der Waals surface area contributed by atoms with Crippen LogP contribution in [0.5, 0.6) is 0 Å². The van der Waals surface area contributed by atoms with Gasteiger partial charge in [-0.2, -0.15) is 0 Å². The zero-order chi connectivity index (χ0) is 31.0. The number of amides is 2. The van der Waals surface area contributed by atoms with Crippen LogP contribution in [0.15, 0.2) is 70.2 Å². The molecular formula is C29H36ClN5O6. The summed E-state index contributed by atoms with van der Waals surface area (Å²) in [5.74, 6) is 0.336. The van der Waals surface area contributed by atoms with Gasteiger partial charge >= 0.3 is 12.2 Å². The molecule has 41 heavy (non-hydrogen) atoms. The number of para-hydroxylation sites is 1. The molecule has 0 saturated heterocycles. The van der Waals surface area contributed by atoms with Gasteiger partial charge in [0.2, 0.25) is 5.89 Å². The lowest BCUT2D eigenvalue weighted by molar-refractivity contribution is 0.0588.